The Morgan fingerprint density at radius 2 is 2.20 bits per heavy atom. The topological polar surface area (TPSA) is 29.9 Å². The fourth-order valence-electron chi connectivity index (χ4n) is 1.46. The zero-order valence-corrected chi connectivity index (χ0v) is 9.43. The highest BCUT2D eigenvalue weighted by molar-refractivity contribution is 6.31. The minimum Gasteiger partial charge on any atom is -0.304 e. The molecule has 0 fully saturated rings. The third kappa shape index (κ3) is 2.66. The molecule has 0 amide bonds. The van der Waals surface area contributed by atoms with Crippen molar-refractivity contribution in [3.63, 3.8) is 0 Å². The van der Waals surface area contributed by atoms with Crippen molar-refractivity contribution < 1.29 is 8.78 Å². The van der Waals surface area contributed by atoms with Crippen LogP contribution in [-0.2, 0) is 6.54 Å². The zero-order valence-electron chi connectivity index (χ0n) is 8.67. The average Bonchev–Trinajstić information content (AvgIpc) is 2.55. The molecule has 0 saturated heterocycles. The normalized spacial score (nSPS) is 13.5. The highest BCUT2D eigenvalue weighted by Crippen LogP contribution is 2.27. The number of hydrogen-bond acceptors (Lipinski definition) is 2. The molecular weight excluding hydrogens is 224 g/mol. The summed E-state index contributed by atoms with van der Waals surface area (Å²) < 4.78 is 27.1. The maximum Gasteiger partial charge on any atom is 0.259 e. The van der Waals surface area contributed by atoms with E-state index in [1.54, 1.807) is 6.92 Å². The van der Waals surface area contributed by atoms with Crippen LogP contribution in [0.25, 0.3) is 0 Å². The summed E-state index contributed by atoms with van der Waals surface area (Å²) in [5.74, 6) is 0. The lowest BCUT2D eigenvalue weighted by Crippen LogP contribution is -2.29. The summed E-state index contributed by atoms with van der Waals surface area (Å²) in [6.45, 7) is 4.59. The van der Waals surface area contributed by atoms with Gasteiger partial charge < -0.3 is 5.32 Å². The van der Waals surface area contributed by atoms with Crippen LogP contribution in [0.1, 0.15) is 25.6 Å². The number of nitrogens with zero attached hydrogens (tertiary/aromatic N) is 2. The van der Waals surface area contributed by atoms with Gasteiger partial charge in [-0.3, -0.25) is 4.68 Å². The number of alkyl halides is 2. The fraction of sp³-hybridized carbons (Fsp3) is 0.667. The lowest BCUT2D eigenvalue weighted by molar-refractivity contribution is 0.0951. The summed E-state index contributed by atoms with van der Waals surface area (Å²) in [5, 5.41) is 6.92. The summed E-state index contributed by atoms with van der Waals surface area (Å²) in [4.78, 5) is 0. The molecule has 1 aromatic rings. The molecule has 0 aliphatic rings. The van der Waals surface area contributed by atoms with E-state index in [0.29, 0.717) is 18.8 Å². The van der Waals surface area contributed by atoms with Gasteiger partial charge in [-0.2, -0.15) is 5.10 Å². The van der Waals surface area contributed by atoms with Crippen molar-refractivity contribution in [2.75, 3.05) is 6.54 Å². The molecule has 0 aromatic carbocycles. The van der Waals surface area contributed by atoms with Crippen LogP contribution < -0.4 is 5.32 Å². The smallest absolute Gasteiger partial charge is 0.259 e. The summed E-state index contributed by atoms with van der Waals surface area (Å²) in [6.07, 6.45) is -1.10. The Morgan fingerprint density at radius 3 is 2.67 bits per heavy atom. The van der Waals surface area contributed by atoms with Gasteiger partial charge in [-0.1, -0.05) is 18.5 Å². The van der Waals surface area contributed by atoms with Crippen LogP contribution in [-0.4, -0.2) is 22.8 Å². The number of aromatic nitrogens is 2. The van der Waals surface area contributed by atoms with Gasteiger partial charge in [-0.05, 0) is 13.5 Å². The van der Waals surface area contributed by atoms with Gasteiger partial charge in [0.1, 0.15) is 6.04 Å². The standard InChI is InChI=1S/C9H14ClF2N3/c1-3-13-7(9(11)12)8-6(10)5-14-15(8)4-2/h5,7,9,13H,3-4H2,1-2H3. The number of halogens is 3. The van der Waals surface area contributed by atoms with Gasteiger partial charge in [0.05, 0.1) is 16.9 Å². The van der Waals surface area contributed by atoms with E-state index in [9.17, 15) is 8.78 Å². The van der Waals surface area contributed by atoms with Crippen LogP contribution in [0, 0.1) is 0 Å². The Labute approximate surface area is 92.4 Å². The molecule has 0 aliphatic carbocycles. The molecule has 0 bridgehead atoms. The lowest BCUT2D eigenvalue weighted by atomic mass is 10.2. The number of rotatable bonds is 5. The van der Waals surface area contributed by atoms with Crippen LogP contribution in [0.4, 0.5) is 8.78 Å². The quantitative estimate of drug-likeness (QED) is 0.853. The minimum absolute atomic E-state index is 0.281. The van der Waals surface area contributed by atoms with Gasteiger partial charge in [-0.15, -0.1) is 0 Å². The second-order valence-corrected chi connectivity index (χ2v) is 3.47. The molecule has 0 saturated carbocycles. The molecule has 0 radical (unpaired) electrons. The van der Waals surface area contributed by atoms with Crippen LogP contribution in [0.15, 0.2) is 6.20 Å². The van der Waals surface area contributed by atoms with Crippen LogP contribution in [0.5, 0.6) is 0 Å². The molecule has 1 rings (SSSR count). The molecule has 1 atom stereocenters. The predicted molar refractivity (Wildman–Crippen MR) is 55.3 cm³/mol. The number of aryl methyl sites for hydroxylation is 1. The second-order valence-electron chi connectivity index (χ2n) is 3.06. The van der Waals surface area contributed by atoms with Gasteiger partial charge >= 0.3 is 0 Å². The van der Waals surface area contributed by atoms with E-state index in [0.717, 1.165) is 0 Å². The Hall–Kier alpha value is -0.680. The van der Waals surface area contributed by atoms with Crippen molar-refractivity contribution in [1.29, 1.82) is 0 Å². The average molecular weight is 238 g/mol. The van der Waals surface area contributed by atoms with Gasteiger partial charge in [0, 0.05) is 6.54 Å². The molecule has 0 spiro atoms. The van der Waals surface area contributed by atoms with E-state index in [4.69, 9.17) is 11.6 Å². The van der Waals surface area contributed by atoms with Crippen molar-refractivity contribution in [2.24, 2.45) is 0 Å². The van der Waals surface area contributed by atoms with E-state index >= 15 is 0 Å². The zero-order chi connectivity index (χ0) is 11.4. The van der Waals surface area contributed by atoms with Crippen molar-refractivity contribution in [3.8, 4) is 0 Å². The highest BCUT2D eigenvalue weighted by Gasteiger charge is 2.27. The fourth-order valence-corrected chi connectivity index (χ4v) is 1.72. The molecule has 1 N–H and O–H groups in total. The first kappa shape index (κ1) is 12.4. The van der Waals surface area contributed by atoms with Crippen LogP contribution in [0.2, 0.25) is 5.02 Å². The van der Waals surface area contributed by atoms with Crippen molar-refractivity contribution in [2.45, 2.75) is 32.9 Å². The first-order valence-electron chi connectivity index (χ1n) is 4.84. The Balaban J connectivity index is 3.03. The Kier molecular flexibility index (Phi) is 4.47. The number of hydrogen-bond donors (Lipinski definition) is 1. The van der Waals surface area contributed by atoms with Gasteiger partial charge in [-0.25, -0.2) is 8.78 Å². The molecular formula is C9H14ClF2N3. The van der Waals surface area contributed by atoms with E-state index < -0.39 is 12.5 Å². The van der Waals surface area contributed by atoms with Gasteiger partial charge in [0.2, 0.25) is 0 Å². The minimum atomic E-state index is -2.50. The van der Waals surface area contributed by atoms with E-state index in [-0.39, 0.29) is 5.02 Å². The lowest BCUT2D eigenvalue weighted by Gasteiger charge is -2.18. The van der Waals surface area contributed by atoms with Crippen molar-refractivity contribution in [1.82, 2.24) is 15.1 Å². The second kappa shape index (κ2) is 5.42. The van der Waals surface area contributed by atoms with E-state index in [1.165, 1.54) is 10.9 Å². The third-order valence-corrected chi connectivity index (χ3v) is 2.39. The molecule has 3 nitrogen and oxygen atoms in total. The number of nitrogens with one attached hydrogen (secondary N) is 1. The maximum absolute atomic E-state index is 12.8. The maximum atomic E-state index is 12.8. The van der Waals surface area contributed by atoms with Crippen molar-refractivity contribution in [3.05, 3.63) is 16.9 Å². The summed E-state index contributed by atoms with van der Waals surface area (Å²) in [6, 6.07) is -1.05. The molecule has 0 aliphatic heterocycles. The Bertz CT molecular complexity index is 314. The Morgan fingerprint density at radius 1 is 1.53 bits per heavy atom. The van der Waals surface area contributed by atoms with Crippen molar-refractivity contribution >= 4 is 11.6 Å². The van der Waals surface area contributed by atoms with E-state index in [1.807, 2.05) is 6.92 Å². The SMILES string of the molecule is CCNC(c1c(Cl)cnn1CC)C(F)F. The van der Waals surface area contributed by atoms with E-state index in [2.05, 4.69) is 10.4 Å². The third-order valence-electron chi connectivity index (χ3n) is 2.10. The van der Waals surface area contributed by atoms with Crippen LogP contribution >= 0.6 is 11.6 Å². The molecule has 86 valence electrons. The molecule has 1 aromatic heterocycles. The summed E-state index contributed by atoms with van der Waals surface area (Å²) in [5.41, 5.74) is 0.357. The van der Waals surface area contributed by atoms with Crippen LogP contribution in [0.3, 0.4) is 0 Å². The molecule has 1 heterocycles. The largest absolute Gasteiger partial charge is 0.304 e. The molecule has 1 unspecified atom stereocenters. The molecule has 15 heavy (non-hydrogen) atoms. The monoisotopic (exact) mass is 237 g/mol. The first-order chi connectivity index (χ1) is 7.11. The van der Waals surface area contributed by atoms with Gasteiger partial charge in [0.25, 0.3) is 6.43 Å². The summed E-state index contributed by atoms with van der Waals surface area (Å²) in [7, 11) is 0. The highest BCUT2D eigenvalue weighted by atomic mass is 35.5. The predicted octanol–water partition coefficient (Wildman–Crippen LogP) is 2.47. The molecule has 6 heteroatoms. The van der Waals surface area contributed by atoms with Gasteiger partial charge in [0.15, 0.2) is 0 Å². The summed E-state index contributed by atoms with van der Waals surface area (Å²) >= 11 is 5.84. The first-order valence-corrected chi connectivity index (χ1v) is 5.22.